The lowest BCUT2D eigenvalue weighted by Gasteiger charge is -2.29. The summed E-state index contributed by atoms with van der Waals surface area (Å²) in [6.07, 6.45) is 12.7. The molecule has 8 heteroatoms. The van der Waals surface area contributed by atoms with Gasteiger partial charge in [-0.3, -0.25) is 10.3 Å². The molecule has 1 fully saturated rings. The van der Waals surface area contributed by atoms with Crippen molar-refractivity contribution in [3.05, 3.63) is 42.3 Å². The van der Waals surface area contributed by atoms with Crippen molar-refractivity contribution in [2.24, 2.45) is 4.99 Å². The van der Waals surface area contributed by atoms with E-state index in [9.17, 15) is 0 Å². The molecule has 0 amide bonds. The first kappa shape index (κ1) is 16.1. The van der Waals surface area contributed by atoms with E-state index in [2.05, 4.69) is 20.6 Å². The Hall–Kier alpha value is -2.79. The number of hydrogen-bond acceptors (Lipinski definition) is 5. The van der Waals surface area contributed by atoms with E-state index in [1.54, 1.807) is 12.5 Å². The normalized spacial score (nSPS) is 20.1. The van der Waals surface area contributed by atoms with E-state index in [-0.39, 0.29) is 6.10 Å². The second-order valence-electron chi connectivity index (χ2n) is 5.42. The molecule has 1 unspecified atom stereocenters. The summed E-state index contributed by atoms with van der Waals surface area (Å²) in [6, 6.07) is 0. The molecule has 2 aliphatic rings. The summed E-state index contributed by atoms with van der Waals surface area (Å²) in [5, 5.41) is 14.6. The van der Waals surface area contributed by atoms with Crippen LogP contribution in [0, 0.1) is 11.5 Å². The topological polar surface area (TPSA) is 96.5 Å². The second-order valence-corrected chi connectivity index (χ2v) is 5.42. The van der Waals surface area contributed by atoms with Gasteiger partial charge in [-0.05, 0) is 18.6 Å². The molecule has 0 radical (unpaired) electrons. The van der Waals surface area contributed by atoms with E-state index in [1.165, 1.54) is 0 Å². The van der Waals surface area contributed by atoms with E-state index in [1.807, 2.05) is 29.1 Å². The van der Waals surface area contributed by atoms with Gasteiger partial charge in [0.1, 0.15) is 18.5 Å². The van der Waals surface area contributed by atoms with Crippen molar-refractivity contribution in [3.8, 4) is 6.19 Å². The molecule has 0 bridgehead atoms. The number of nitrogens with zero attached hydrogens (tertiary/aromatic N) is 4. The number of nitrogens with one attached hydrogen (secondary N) is 2. The molecule has 1 aliphatic carbocycles. The Morgan fingerprint density at radius 2 is 2.42 bits per heavy atom. The molecule has 3 rings (SSSR count). The van der Waals surface area contributed by atoms with Gasteiger partial charge in [-0.15, -0.1) is 0 Å². The van der Waals surface area contributed by atoms with Crippen LogP contribution in [0.5, 0.6) is 0 Å². The first-order valence-corrected chi connectivity index (χ1v) is 7.92. The van der Waals surface area contributed by atoms with Crippen molar-refractivity contribution < 1.29 is 9.47 Å². The van der Waals surface area contributed by atoms with Crippen LogP contribution >= 0.6 is 0 Å². The first-order valence-electron chi connectivity index (χ1n) is 7.92. The number of ether oxygens (including phenoxy) is 2. The van der Waals surface area contributed by atoms with Crippen molar-refractivity contribution in [3.63, 3.8) is 0 Å². The zero-order chi connectivity index (χ0) is 16.6. The van der Waals surface area contributed by atoms with Crippen molar-refractivity contribution in [2.75, 3.05) is 19.8 Å². The van der Waals surface area contributed by atoms with Crippen molar-refractivity contribution >= 4 is 5.96 Å². The number of aliphatic imine (C=N–C) groups is 1. The number of aryl methyl sites for hydroxylation is 1. The number of rotatable bonds is 5. The van der Waals surface area contributed by atoms with Crippen LogP contribution in [0.15, 0.2) is 47.3 Å². The Labute approximate surface area is 140 Å². The van der Waals surface area contributed by atoms with Gasteiger partial charge in [0.2, 0.25) is 5.96 Å². The molecule has 2 heterocycles. The Bertz CT molecular complexity index is 671. The molecule has 1 aromatic rings. The van der Waals surface area contributed by atoms with Gasteiger partial charge in [-0.2, -0.15) is 5.26 Å². The third-order valence-electron chi connectivity index (χ3n) is 3.70. The standard InChI is InChI=1S/C16H20N6O2/c17-11-20-16(19-4-1-6-22-7-5-18-12-22)21-13-2-3-14-15(10-13)24-9-8-23-14/h2-3,5,7,12,15H,1,4,6,8-10H2,(H2,19,20,21). The Morgan fingerprint density at radius 1 is 1.46 bits per heavy atom. The zero-order valence-corrected chi connectivity index (χ0v) is 13.3. The molecule has 126 valence electrons. The van der Waals surface area contributed by atoms with Gasteiger partial charge >= 0.3 is 0 Å². The maximum absolute atomic E-state index is 8.89. The van der Waals surface area contributed by atoms with Crippen LogP contribution < -0.4 is 10.6 Å². The Kier molecular flexibility index (Phi) is 5.48. The number of allylic oxidation sites excluding steroid dienone is 2. The minimum absolute atomic E-state index is 0.0594. The van der Waals surface area contributed by atoms with Gasteiger partial charge in [-0.1, -0.05) is 0 Å². The summed E-state index contributed by atoms with van der Waals surface area (Å²) in [5.74, 6) is 1.31. The monoisotopic (exact) mass is 328 g/mol. The van der Waals surface area contributed by atoms with Crippen LogP contribution in [-0.2, 0) is 16.0 Å². The second kappa shape index (κ2) is 8.17. The molecule has 2 N–H and O–H groups in total. The van der Waals surface area contributed by atoms with Gasteiger partial charge < -0.3 is 19.4 Å². The molecule has 24 heavy (non-hydrogen) atoms. The van der Waals surface area contributed by atoms with Crippen molar-refractivity contribution in [1.29, 1.82) is 5.26 Å². The molecule has 1 atom stereocenters. The fraction of sp³-hybridized carbons (Fsp3) is 0.438. The Balaban J connectivity index is 1.53. The molecule has 8 nitrogen and oxygen atoms in total. The SMILES string of the molecule is N#CNC(=NCCCn1ccnc1)NC1=CC=C2OCCOC2C1. The molecule has 1 saturated heterocycles. The van der Waals surface area contributed by atoms with Gasteiger partial charge in [0.05, 0.1) is 12.9 Å². The summed E-state index contributed by atoms with van der Waals surface area (Å²) in [5.41, 5.74) is 0.936. The van der Waals surface area contributed by atoms with Crippen LogP contribution in [0.25, 0.3) is 0 Å². The van der Waals surface area contributed by atoms with Gasteiger partial charge in [0.15, 0.2) is 6.19 Å². The van der Waals surface area contributed by atoms with Gasteiger partial charge in [0, 0.05) is 37.6 Å². The summed E-state index contributed by atoms with van der Waals surface area (Å²) in [4.78, 5) is 8.42. The molecule has 1 aromatic heterocycles. The lowest BCUT2D eigenvalue weighted by molar-refractivity contribution is -0.0430. The number of aromatic nitrogens is 2. The van der Waals surface area contributed by atoms with E-state index in [0.29, 0.717) is 32.1 Å². The highest BCUT2D eigenvalue weighted by Gasteiger charge is 2.25. The third-order valence-corrected chi connectivity index (χ3v) is 3.70. The number of nitriles is 1. The van der Waals surface area contributed by atoms with Crippen molar-refractivity contribution in [1.82, 2.24) is 20.2 Å². The van der Waals surface area contributed by atoms with E-state index < -0.39 is 0 Å². The molecule has 1 aliphatic heterocycles. The highest BCUT2D eigenvalue weighted by molar-refractivity contribution is 5.82. The summed E-state index contributed by atoms with van der Waals surface area (Å²) >= 11 is 0. The number of fused-ring (bicyclic) bond motifs is 1. The van der Waals surface area contributed by atoms with Crippen LogP contribution in [0.3, 0.4) is 0 Å². The lowest BCUT2D eigenvalue weighted by Crippen LogP contribution is -2.37. The molecular weight excluding hydrogens is 308 g/mol. The summed E-state index contributed by atoms with van der Waals surface area (Å²) < 4.78 is 13.2. The number of guanidine groups is 1. The van der Waals surface area contributed by atoms with E-state index >= 15 is 0 Å². The zero-order valence-electron chi connectivity index (χ0n) is 13.3. The maximum atomic E-state index is 8.89. The van der Waals surface area contributed by atoms with Crippen LogP contribution in [0.2, 0.25) is 0 Å². The molecule has 0 saturated carbocycles. The fourth-order valence-corrected chi connectivity index (χ4v) is 2.56. The van der Waals surface area contributed by atoms with E-state index in [4.69, 9.17) is 14.7 Å². The minimum Gasteiger partial charge on any atom is -0.493 e. The predicted octanol–water partition coefficient (Wildman–Crippen LogP) is 0.876. The van der Waals surface area contributed by atoms with Gasteiger partial charge in [-0.25, -0.2) is 4.98 Å². The quantitative estimate of drug-likeness (QED) is 0.274. The molecule has 0 aromatic carbocycles. The number of hydrogen-bond donors (Lipinski definition) is 2. The summed E-state index contributed by atoms with van der Waals surface area (Å²) in [6.45, 7) is 2.64. The van der Waals surface area contributed by atoms with Crippen LogP contribution in [0.4, 0.5) is 0 Å². The third kappa shape index (κ3) is 4.36. The lowest BCUT2D eigenvalue weighted by atomic mass is 10.1. The fourth-order valence-electron chi connectivity index (χ4n) is 2.56. The average molecular weight is 328 g/mol. The largest absolute Gasteiger partial charge is 0.493 e. The average Bonchev–Trinajstić information content (AvgIpc) is 3.12. The smallest absolute Gasteiger partial charge is 0.208 e. The predicted molar refractivity (Wildman–Crippen MR) is 87.5 cm³/mol. The Morgan fingerprint density at radius 3 is 3.25 bits per heavy atom. The van der Waals surface area contributed by atoms with Crippen LogP contribution in [-0.4, -0.2) is 41.4 Å². The summed E-state index contributed by atoms with van der Waals surface area (Å²) in [7, 11) is 0. The number of imidazole rings is 1. The molecule has 0 spiro atoms. The van der Waals surface area contributed by atoms with Crippen LogP contribution in [0.1, 0.15) is 12.8 Å². The highest BCUT2D eigenvalue weighted by atomic mass is 16.6. The minimum atomic E-state index is -0.0594. The van der Waals surface area contributed by atoms with E-state index in [0.717, 1.165) is 24.4 Å². The molecular formula is C16H20N6O2. The maximum Gasteiger partial charge on any atom is 0.208 e. The first-order chi connectivity index (χ1) is 11.8. The van der Waals surface area contributed by atoms with Gasteiger partial charge in [0.25, 0.3) is 0 Å². The highest BCUT2D eigenvalue weighted by Crippen LogP contribution is 2.24. The van der Waals surface area contributed by atoms with Crippen molar-refractivity contribution in [2.45, 2.75) is 25.5 Å².